The van der Waals surface area contributed by atoms with E-state index in [-0.39, 0.29) is 13.2 Å². The maximum absolute atomic E-state index is 13.1. The van der Waals surface area contributed by atoms with E-state index in [0.717, 1.165) is 43.4 Å². The first kappa shape index (κ1) is 65.7. The second-order valence-corrected chi connectivity index (χ2v) is 13.3. The van der Waals surface area contributed by atoms with Crippen molar-refractivity contribution in [3.63, 3.8) is 0 Å². The zero-order valence-corrected chi connectivity index (χ0v) is 48.1. The van der Waals surface area contributed by atoms with E-state index in [4.69, 9.17) is 27.1 Å². The zero-order chi connectivity index (χ0) is 54.6. The number of terminal acetylenes is 2. The molecule has 0 aromatic rings. The Morgan fingerprint density at radius 3 is 0.882 bits per heavy atom. The number of carbonyl (C=O) groups is 5. The van der Waals surface area contributed by atoms with Crippen LogP contribution in [0.3, 0.4) is 0 Å². The monoisotopic (exact) mass is 1260 g/mol. The molecule has 372 valence electrons. The van der Waals surface area contributed by atoms with Crippen molar-refractivity contribution in [2.24, 2.45) is 0 Å². The fourth-order valence-corrected chi connectivity index (χ4v) is 4.70. The third kappa shape index (κ3) is 48.1. The first-order valence-corrected chi connectivity index (χ1v) is 22.7. The fraction of sp³-hybridized carbons (Fsp3) is 0.311. The number of hydrogen-bond acceptors (Lipinski definition) is 8. The summed E-state index contributed by atoms with van der Waals surface area (Å²) in [5.74, 6) is 77.3. The van der Waals surface area contributed by atoms with Crippen LogP contribution in [-0.4, -0.2) is 81.1 Å². The van der Waals surface area contributed by atoms with Crippen molar-refractivity contribution in [3.8, 4) is 215 Å². The van der Waals surface area contributed by atoms with E-state index >= 15 is 0 Å². The molecule has 0 aromatic heterocycles. The van der Waals surface area contributed by atoms with Crippen LogP contribution in [0.2, 0.25) is 0 Å². The average Bonchev–Trinajstić information content (AvgIpc) is 3.40. The topological polar surface area (TPSA) is 176 Å². The minimum absolute atomic E-state index is 0. The number of imide groups is 1. The van der Waals surface area contributed by atoms with Crippen LogP contribution >= 0.6 is 0 Å². The van der Waals surface area contributed by atoms with Crippen molar-refractivity contribution in [3.05, 3.63) is 6.92 Å². The normalized spacial score (nSPS) is 7.25. The molecular weight excluding hydrogens is 1210 g/mol. The summed E-state index contributed by atoms with van der Waals surface area (Å²) in [6, 6.07) is -1.02. The van der Waals surface area contributed by atoms with Crippen LogP contribution in [0.4, 0.5) is 24.0 Å². The van der Waals surface area contributed by atoms with Gasteiger partial charge in [0.2, 0.25) is 0 Å². The molecule has 0 saturated heterocycles. The number of urea groups is 2. The average molecular weight is 1260 g/mol. The molecule has 0 aliphatic heterocycles. The number of amides is 7. The molecule has 0 heterocycles. The van der Waals surface area contributed by atoms with Gasteiger partial charge in [0.25, 0.3) is 0 Å². The predicted octanol–water partition coefficient (Wildman–Crippen LogP) is 3.64. The molecule has 14 nitrogen and oxygen atoms in total. The van der Waals surface area contributed by atoms with Gasteiger partial charge < -0.3 is 47.7 Å². The molecule has 0 unspecified atom stereocenters. The number of nitrogens with zero attached hydrogens (tertiary/aromatic N) is 1. The molecule has 0 radical (unpaired) electrons. The molecule has 0 spiro atoms. The Kier molecular flexibility index (Phi) is 46.3. The van der Waals surface area contributed by atoms with Crippen LogP contribution in [0.15, 0.2) is 0 Å². The summed E-state index contributed by atoms with van der Waals surface area (Å²) < 4.78 is 14.2. The Balaban J connectivity index is 0. The van der Waals surface area contributed by atoms with Crippen molar-refractivity contribution < 1.29 is 38.2 Å². The first-order valence-electron chi connectivity index (χ1n) is 22.7. The summed E-state index contributed by atoms with van der Waals surface area (Å²) in [4.78, 5) is 62.6. The second-order valence-electron chi connectivity index (χ2n) is 13.3. The van der Waals surface area contributed by atoms with Crippen LogP contribution < -0.4 is 26.6 Å². The van der Waals surface area contributed by atoms with Crippen molar-refractivity contribution >= 4 is 30.3 Å². The van der Waals surface area contributed by atoms with Gasteiger partial charge in [0.15, 0.2) is 0 Å². The Morgan fingerprint density at radius 1 is 0.342 bits per heavy atom. The van der Waals surface area contributed by atoms with Crippen molar-refractivity contribution in [1.29, 1.82) is 0 Å². The molecule has 0 aliphatic rings. The SMILES string of the molecule is C#CC#CC#CC#CC#CC#CC#CC#CC#COC(=O)NCCCCCCNC(=O)N(CCCCCCNC(=O)OC[CH2-])C(=O)NCCCCCCNC(=O)OC#CC#CC#CC#CC#CC#CC#CC#CC#C.[Rf]. The third-order valence-corrected chi connectivity index (χ3v) is 7.88. The fourth-order valence-electron chi connectivity index (χ4n) is 4.70. The number of ether oxygens (including phenoxy) is 3. The molecule has 0 aliphatic carbocycles. The summed E-state index contributed by atoms with van der Waals surface area (Å²) in [5.41, 5.74) is 0. The summed E-state index contributed by atoms with van der Waals surface area (Å²) in [7, 11) is 0. The molecule has 0 rings (SSSR count). The Labute approximate surface area is 442 Å². The van der Waals surface area contributed by atoms with Crippen molar-refractivity contribution in [2.75, 3.05) is 45.9 Å². The Bertz CT molecular complexity index is 2960. The molecule has 7 amide bonds. The van der Waals surface area contributed by atoms with Gasteiger partial charge in [-0.25, -0.2) is 28.9 Å². The summed E-state index contributed by atoms with van der Waals surface area (Å²) in [6.07, 6.45) is 20.7. The van der Waals surface area contributed by atoms with E-state index in [2.05, 4.69) is 235 Å². The van der Waals surface area contributed by atoms with Gasteiger partial charge >= 0.3 is 30.3 Å². The number of carbonyl (C=O) groups excluding carboxylic acids is 5. The van der Waals surface area contributed by atoms with Gasteiger partial charge in [-0.1, -0.05) is 38.5 Å². The van der Waals surface area contributed by atoms with Gasteiger partial charge in [-0.05, 0) is 140 Å². The molecule has 0 aromatic carbocycles. The Hall–Kier alpha value is -12.4. The number of rotatable bonds is 22. The van der Waals surface area contributed by atoms with Gasteiger partial charge in [0.05, 0.1) is 0 Å². The molecule has 5 N–H and O–H groups in total. The Morgan fingerprint density at radius 2 is 0.592 bits per heavy atom. The van der Waals surface area contributed by atoms with Gasteiger partial charge in [-0.3, -0.25) is 0 Å². The van der Waals surface area contributed by atoms with Crippen molar-refractivity contribution in [2.45, 2.75) is 77.0 Å². The minimum Gasteiger partial charge on any atom is -0.483 e. The molecule has 76 heavy (non-hydrogen) atoms. The molecule has 0 bridgehead atoms. The van der Waals surface area contributed by atoms with E-state index in [1.807, 2.05) is 0 Å². The van der Waals surface area contributed by atoms with Crippen LogP contribution in [0.25, 0.3) is 0 Å². The van der Waals surface area contributed by atoms with E-state index in [1.54, 1.807) is 0 Å². The standard InChI is InChI=1S/C61H47N6O8.Rf/c1-4-7-9-11-13-15-17-19-21-23-25-27-29-31-39-47-55-74-60(71)65-52-43-35-33-41-49-62-57(68)67(54-46-38-37-45-51-64-59(70)73-6-3)58(69)63-50-42-34-36-44-53-66-61(72)75-56-48-40-32-30-28-26-24-22-20-18-16-14-12-10-8-5-2;/h1-2H,3,6,33-38,41-46,49-54H2,(H,62,68)(H,63,69)(H,64,70)(H,65,71)(H,66,72);/q-1;. The van der Waals surface area contributed by atoms with Crippen LogP contribution in [0.5, 0.6) is 0 Å². The van der Waals surface area contributed by atoms with Crippen molar-refractivity contribution in [1.82, 2.24) is 31.5 Å². The summed E-state index contributed by atoms with van der Waals surface area (Å²) in [6.45, 7) is 5.53. The number of nitrogens with one attached hydrogen (secondary N) is 5. The molecule has 0 saturated carbocycles. The number of unbranched alkanes of at least 4 members (excludes halogenated alkanes) is 9. The number of alkyl carbamates (subject to hydrolysis) is 3. The smallest absolute Gasteiger partial charge is 0.421 e. The molecule has 0 fully saturated rings. The van der Waals surface area contributed by atoms with Crippen LogP contribution in [0.1, 0.15) is 77.0 Å². The zero-order valence-electron chi connectivity index (χ0n) is 41.7. The van der Waals surface area contributed by atoms with Gasteiger partial charge in [-0.15, -0.1) is 12.8 Å². The molecule has 15 heteroatoms. The number of hydrogen-bond donors (Lipinski definition) is 5. The maximum Gasteiger partial charge on any atom is 0.421 e. The van der Waals surface area contributed by atoms with Crippen LogP contribution in [-0.2, 0) is 14.2 Å². The molecule has 0 atom stereocenters. The summed E-state index contributed by atoms with van der Waals surface area (Å²) >= 11 is 0. The van der Waals surface area contributed by atoms with Gasteiger partial charge in [0.1, 0.15) is 12.2 Å². The van der Waals surface area contributed by atoms with Gasteiger partial charge in [0, 0.05) is 134 Å². The third-order valence-electron chi connectivity index (χ3n) is 7.88. The van der Waals surface area contributed by atoms with E-state index in [1.165, 1.54) is 0 Å². The summed E-state index contributed by atoms with van der Waals surface area (Å²) in [5, 5.41) is 13.5. The van der Waals surface area contributed by atoms with Crippen LogP contribution in [0, 0.1) is 221 Å². The predicted molar refractivity (Wildman–Crippen MR) is 285 cm³/mol. The minimum atomic E-state index is -0.721. The van der Waals surface area contributed by atoms with Gasteiger partial charge in [-0.2, -0.15) is 0 Å². The van der Waals surface area contributed by atoms with E-state index in [9.17, 15) is 24.0 Å². The van der Waals surface area contributed by atoms with E-state index < -0.39 is 30.3 Å². The quantitative estimate of drug-likeness (QED) is 0.0473. The molecular formula is C61H47N6O8Rf-. The largest absolute Gasteiger partial charge is 0.483 e. The second kappa shape index (κ2) is 53.6. The van der Waals surface area contributed by atoms with E-state index in [0.29, 0.717) is 71.2 Å². The maximum atomic E-state index is 13.1. The first-order chi connectivity index (χ1) is 36.8.